The lowest BCUT2D eigenvalue weighted by molar-refractivity contribution is 0.233. The van der Waals surface area contributed by atoms with Crippen molar-refractivity contribution in [3.8, 4) is 5.75 Å². The molecule has 0 bridgehead atoms. The maximum Gasteiger partial charge on any atom is 0.119 e. The molecule has 0 radical (unpaired) electrons. The van der Waals surface area contributed by atoms with E-state index in [2.05, 4.69) is 17.3 Å². The first-order valence-corrected chi connectivity index (χ1v) is 7.92. The summed E-state index contributed by atoms with van der Waals surface area (Å²) in [5.74, 6) is 0.894. The average molecular weight is 297 g/mol. The maximum absolute atomic E-state index is 5.84. The third kappa shape index (κ3) is 5.70. The first-order valence-electron chi connectivity index (χ1n) is 7.54. The molecule has 20 heavy (non-hydrogen) atoms. The second-order valence-corrected chi connectivity index (χ2v) is 6.00. The Morgan fingerprint density at radius 1 is 1.30 bits per heavy atom. The molecule has 1 atom stereocenters. The fraction of sp³-hybridized carbons (Fsp3) is 0.625. The molecule has 3 nitrogen and oxygen atoms in total. The number of hydrogen-bond acceptors (Lipinski definition) is 3. The molecular weight excluding hydrogens is 272 g/mol. The largest absolute Gasteiger partial charge is 0.494 e. The van der Waals surface area contributed by atoms with Crippen LogP contribution in [0.5, 0.6) is 5.75 Å². The van der Waals surface area contributed by atoms with Gasteiger partial charge >= 0.3 is 0 Å². The van der Waals surface area contributed by atoms with E-state index in [-0.39, 0.29) is 0 Å². The molecule has 1 fully saturated rings. The van der Waals surface area contributed by atoms with E-state index in [1.807, 2.05) is 24.3 Å². The summed E-state index contributed by atoms with van der Waals surface area (Å²) in [6.45, 7) is 4.15. The number of rotatable bonds is 7. The van der Waals surface area contributed by atoms with Crippen molar-refractivity contribution in [3.63, 3.8) is 0 Å². The summed E-state index contributed by atoms with van der Waals surface area (Å²) in [5, 5.41) is 4.33. The van der Waals surface area contributed by atoms with E-state index < -0.39 is 0 Å². The van der Waals surface area contributed by atoms with Crippen molar-refractivity contribution in [2.75, 3.05) is 33.3 Å². The zero-order valence-corrected chi connectivity index (χ0v) is 13.0. The Hall–Kier alpha value is -0.770. The van der Waals surface area contributed by atoms with Crippen LogP contribution in [0.25, 0.3) is 0 Å². The first kappa shape index (κ1) is 15.6. The van der Waals surface area contributed by atoms with Gasteiger partial charge in [-0.1, -0.05) is 18.0 Å². The molecule has 1 heterocycles. The molecule has 1 aliphatic heterocycles. The average Bonchev–Trinajstić information content (AvgIpc) is 2.46. The quantitative estimate of drug-likeness (QED) is 0.782. The Labute approximate surface area is 127 Å². The molecular formula is C16H25ClN2O. The molecule has 0 aliphatic carbocycles. The molecule has 0 aromatic heterocycles. The standard InChI is InChI=1S/C16H25ClN2O/c1-19(13-15-5-2-3-10-18-15)11-4-12-20-16-8-6-14(17)7-9-16/h6-9,15,18H,2-5,10-13H2,1H3. The smallest absolute Gasteiger partial charge is 0.119 e. The molecule has 1 aliphatic rings. The Morgan fingerprint density at radius 2 is 2.10 bits per heavy atom. The number of hydrogen-bond donors (Lipinski definition) is 1. The maximum atomic E-state index is 5.84. The van der Waals surface area contributed by atoms with Gasteiger partial charge in [0.15, 0.2) is 0 Å². The van der Waals surface area contributed by atoms with E-state index in [1.165, 1.54) is 25.8 Å². The van der Waals surface area contributed by atoms with Crippen LogP contribution in [0, 0.1) is 0 Å². The summed E-state index contributed by atoms with van der Waals surface area (Å²) in [4.78, 5) is 2.40. The number of nitrogens with one attached hydrogen (secondary N) is 1. The monoisotopic (exact) mass is 296 g/mol. The molecule has 1 saturated heterocycles. The van der Waals surface area contributed by atoms with E-state index in [9.17, 15) is 0 Å². The van der Waals surface area contributed by atoms with Gasteiger partial charge in [0.2, 0.25) is 0 Å². The van der Waals surface area contributed by atoms with Crippen molar-refractivity contribution in [2.45, 2.75) is 31.7 Å². The second kappa shape index (κ2) is 8.50. The summed E-state index contributed by atoms with van der Waals surface area (Å²) >= 11 is 5.84. The van der Waals surface area contributed by atoms with E-state index in [1.54, 1.807) is 0 Å². The van der Waals surface area contributed by atoms with Crippen LogP contribution in [0.1, 0.15) is 25.7 Å². The topological polar surface area (TPSA) is 24.5 Å². The Bertz CT molecular complexity index is 377. The summed E-state index contributed by atoms with van der Waals surface area (Å²) < 4.78 is 5.70. The molecule has 112 valence electrons. The number of ether oxygens (including phenoxy) is 1. The van der Waals surface area contributed by atoms with Crippen molar-refractivity contribution in [1.29, 1.82) is 0 Å². The molecule has 1 aromatic carbocycles. The van der Waals surface area contributed by atoms with E-state index >= 15 is 0 Å². The first-order chi connectivity index (χ1) is 9.74. The Morgan fingerprint density at radius 3 is 2.80 bits per heavy atom. The number of benzene rings is 1. The number of likely N-dealkylation sites (N-methyl/N-ethyl adjacent to an activating group) is 1. The van der Waals surface area contributed by atoms with Crippen LogP contribution in [0.4, 0.5) is 0 Å². The van der Waals surface area contributed by atoms with Gasteiger partial charge in [-0.2, -0.15) is 0 Å². The van der Waals surface area contributed by atoms with Gasteiger partial charge in [0.25, 0.3) is 0 Å². The minimum absolute atomic E-state index is 0.672. The van der Waals surface area contributed by atoms with Gasteiger partial charge in [-0.05, 0) is 57.1 Å². The molecule has 1 N–H and O–H groups in total. The molecule has 1 aromatic rings. The number of piperidine rings is 1. The molecule has 1 unspecified atom stereocenters. The van der Waals surface area contributed by atoms with Crippen molar-refractivity contribution >= 4 is 11.6 Å². The van der Waals surface area contributed by atoms with Crippen LogP contribution in [0.3, 0.4) is 0 Å². The van der Waals surface area contributed by atoms with E-state index in [0.717, 1.165) is 36.9 Å². The van der Waals surface area contributed by atoms with Crippen molar-refractivity contribution < 1.29 is 4.74 Å². The Kier molecular flexibility index (Phi) is 6.64. The molecule has 0 amide bonds. The molecule has 4 heteroatoms. The fourth-order valence-electron chi connectivity index (χ4n) is 2.60. The van der Waals surface area contributed by atoms with Gasteiger partial charge in [0.1, 0.15) is 5.75 Å². The van der Waals surface area contributed by atoms with Gasteiger partial charge in [-0.3, -0.25) is 0 Å². The van der Waals surface area contributed by atoms with Gasteiger partial charge in [0.05, 0.1) is 6.61 Å². The van der Waals surface area contributed by atoms with Crippen molar-refractivity contribution in [3.05, 3.63) is 29.3 Å². The van der Waals surface area contributed by atoms with Gasteiger partial charge < -0.3 is 15.0 Å². The van der Waals surface area contributed by atoms with Crippen LogP contribution in [0.15, 0.2) is 24.3 Å². The van der Waals surface area contributed by atoms with E-state index in [4.69, 9.17) is 16.3 Å². The lowest BCUT2D eigenvalue weighted by Gasteiger charge is -2.28. The predicted molar refractivity (Wildman–Crippen MR) is 84.7 cm³/mol. The molecule has 2 rings (SSSR count). The van der Waals surface area contributed by atoms with Gasteiger partial charge in [0, 0.05) is 24.2 Å². The van der Waals surface area contributed by atoms with Crippen LogP contribution >= 0.6 is 11.6 Å². The third-order valence-corrected chi connectivity index (χ3v) is 3.96. The highest BCUT2D eigenvalue weighted by Crippen LogP contribution is 2.15. The lowest BCUT2D eigenvalue weighted by atomic mass is 10.0. The van der Waals surface area contributed by atoms with Crippen molar-refractivity contribution in [2.24, 2.45) is 0 Å². The third-order valence-electron chi connectivity index (χ3n) is 3.71. The van der Waals surface area contributed by atoms with Crippen LogP contribution in [0.2, 0.25) is 5.02 Å². The lowest BCUT2D eigenvalue weighted by Crippen LogP contribution is -2.42. The summed E-state index contributed by atoms with van der Waals surface area (Å²) in [5.41, 5.74) is 0. The highest BCUT2D eigenvalue weighted by atomic mass is 35.5. The molecule has 0 saturated carbocycles. The highest BCUT2D eigenvalue weighted by molar-refractivity contribution is 6.30. The predicted octanol–water partition coefficient (Wildman–Crippen LogP) is 3.18. The fourth-order valence-corrected chi connectivity index (χ4v) is 2.73. The normalized spacial score (nSPS) is 19.2. The van der Waals surface area contributed by atoms with Crippen molar-refractivity contribution in [1.82, 2.24) is 10.2 Å². The Balaban J connectivity index is 1.56. The minimum Gasteiger partial charge on any atom is -0.494 e. The molecule has 0 spiro atoms. The SMILES string of the molecule is CN(CCCOc1ccc(Cl)cc1)CC1CCCCN1. The second-order valence-electron chi connectivity index (χ2n) is 5.57. The summed E-state index contributed by atoms with van der Waals surface area (Å²) in [6, 6.07) is 8.22. The zero-order chi connectivity index (χ0) is 14.2. The summed E-state index contributed by atoms with van der Waals surface area (Å²) in [7, 11) is 2.19. The summed E-state index contributed by atoms with van der Waals surface area (Å²) in [6.07, 6.45) is 5.05. The van der Waals surface area contributed by atoms with E-state index in [0.29, 0.717) is 6.04 Å². The number of nitrogens with zero attached hydrogens (tertiary/aromatic N) is 1. The highest BCUT2D eigenvalue weighted by Gasteiger charge is 2.14. The van der Waals surface area contributed by atoms with Crippen LogP contribution < -0.4 is 10.1 Å². The van der Waals surface area contributed by atoms with Gasteiger partial charge in [-0.15, -0.1) is 0 Å². The number of halogens is 1. The minimum atomic E-state index is 0.672. The van der Waals surface area contributed by atoms with Gasteiger partial charge in [-0.25, -0.2) is 0 Å². The van der Waals surface area contributed by atoms with Crippen LogP contribution in [-0.4, -0.2) is 44.2 Å². The zero-order valence-electron chi connectivity index (χ0n) is 12.3. The van der Waals surface area contributed by atoms with Crippen LogP contribution in [-0.2, 0) is 0 Å².